The number of carbonyl (C=O) groups excluding carboxylic acids is 2. The molecule has 0 spiro atoms. The summed E-state index contributed by atoms with van der Waals surface area (Å²) in [6.07, 6.45) is 6.15. The molecule has 0 radical (unpaired) electrons. The van der Waals surface area contributed by atoms with E-state index in [2.05, 4.69) is 5.32 Å². The fourth-order valence-electron chi connectivity index (χ4n) is 4.43. The first kappa shape index (κ1) is 28.3. The molecule has 1 aliphatic carbocycles. The average molecular weight is 555 g/mol. The van der Waals surface area contributed by atoms with Crippen LogP contribution in [0.1, 0.15) is 50.2 Å². The van der Waals surface area contributed by atoms with Crippen LogP contribution in [0.2, 0.25) is 10.0 Å². The fraction of sp³-hybridized carbons (Fsp3) is 0.462. The summed E-state index contributed by atoms with van der Waals surface area (Å²) >= 11 is 12.3. The smallest absolute Gasteiger partial charge is 0.244 e. The zero-order valence-electron chi connectivity index (χ0n) is 20.8. The van der Waals surface area contributed by atoms with Gasteiger partial charge in [-0.05, 0) is 62.1 Å². The molecule has 0 aliphatic heterocycles. The number of hydrogen-bond donors (Lipinski definition) is 1. The molecule has 1 N–H and O–H groups in total. The monoisotopic (exact) mass is 553 g/mol. The predicted molar refractivity (Wildman–Crippen MR) is 145 cm³/mol. The quantitative estimate of drug-likeness (QED) is 0.476. The molecule has 7 nitrogen and oxygen atoms in total. The Morgan fingerprint density at radius 1 is 1.06 bits per heavy atom. The minimum absolute atomic E-state index is 0.0819. The summed E-state index contributed by atoms with van der Waals surface area (Å²) in [5.41, 5.74) is 1.71. The number of carbonyl (C=O) groups is 2. The molecule has 0 bridgehead atoms. The number of benzene rings is 2. The second-order valence-corrected chi connectivity index (χ2v) is 12.2. The molecule has 36 heavy (non-hydrogen) atoms. The molecule has 2 aromatic carbocycles. The minimum Gasteiger partial charge on any atom is -0.352 e. The molecule has 0 heterocycles. The summed E-state index contributed by atoms with van der Waals surface area (Å²) in [5, 5.41) is 3.94. The summed E-state index contributed by atoms with van der Waals surface area (Å²) < 4.78 is 26.5. The van der Waals surface area contributed by atoms with Crippen molar-refractivity contribution in [1.29, 1.82) is 0 Å². The molecule has 0 aromatic heterocycles. The van der Waals surface area contributed by atoms with Crippen LogP contribution in [0.4, 0.5) is 5.69 Å². The van der Waals surface area contributed by atoms with Crippen molar-refractivity contribution in [3.8, 4) is 0 Å². The lowest BCUT2D eigenvalue weighted by Gasteiger charge is -2.33. The van der Waals surface area contributed by atoms with Gasteiger partial charge in [-0.15, -0.1) is 0 Å². The Hall–Kier alpha value is -2.29. The van der Waals surface area contributed by atoms with Gasteiger partial charge in [-0.25, -0.2) is 8.42 Å². The van der Waals surface area contributed by atoms with E-state index < -0.39 is 28.5 Å². The lowest BCUT2D eigenvalue weighted by Crippen LogP contribution is -2.53. The van der Waals surface area contributed by atoms with Crippen molar-refractivity contribution in [2.24, 2.45) is 0 Å². The number of aryl methyl sites for hydroxylation is 1. The molecule has 2 amide bonds. The topological polar surface area (TPSA) is 86.8 Å². The minimum atomic E-state index is -3.83. The standard InChI is InChI=1S/C26H33Cl2N3O4S/c1-18-12-13-22(28)15-24(18)31(36(3,34)35)17-25(32)30(16-20-8-7-9-21(27)14-20)19(2)26(33)29-23-10-5-4-6-11-23/h7-9,12-15,19,23H,4-6,10-11,16-17H2,1-3H3,(H,29,33). The summed E-state index contributed by atoms with van der Waals surface area (Å²) in [4.78, 5) is 28.3. The first-order valence-electron chi connectivity index (χ1n) is 12.0. The third-order valence-corrected chi connectivity index (χ3v) is 8.08. The van der Waals surface area contributed by atoms with E-state index in [9.17, 15) is 18.0 Å². The zero-order chi connectivity index (χ0) is 26.5. The zero-order valence-corrected chi connectivity index (χ0v) is 23.2. The maximum absolute atomic E-state index is 13.7. The second-order valence-electron chi connectivity index (χ2n) is 9.37. The molecule has 2 aromatic rings. The van der Waals surface area contributed by atoms with Gasteiger partial charge in [-0.3, -0.25) is 13.9 Å². The van der Waals surface area contributed by atoms with Crippen LogP contribution in [0.25, 0.3) is 0 Å². The van der Waals surface area contributed by atoms with Crippen LogP contribution in [0.15, 0.2) is 42.5 Å². The van der Waals surface area contributed by atoms with Gasteiger partial charge in [0.25, 0.3) is 0 Å². The summed E-state index contributed by atoms with van der Waals surface area (Å²) in [6, 6.07) is 11.2. The van der Waals surface area contributed by atoms with Crippen molar-refractivity contribution >= 4 is 50.7 Å². The number of rotatable bonds is 9. The van der Waals surface area contributed by atoms with Crippen LogP contribution in [0.3, 0.4) is 0 Å². The molecule has 3 rings (SSSR count). The van der Waals surface area contributed by atoms with Gasteiger partial charge in [0.2, 0.25) is 21.8 Å². The number of anilines is 1. The van der Waals surface area contributed by atoms with Crippen molar-refractivity contribution in [3.05, 3.63) is 63.6 Å². The highest BCUT2D eigenvalue weighted by atomic mass is 35.5. The number of hydrogen-bond acceptors (Lipinski definition) is 4. The summed E-state index contributed by atoms with van der Waals surface area (Å²) in [6.45, 7) is 3.04. The van der Waals surface area contributed by atoms with Gasteiger partial charge in [0.1, 0.15) is 12.6 Å². The van der Waals surface area contributed by atoms with E-state index in [1.165, 1.54) is 11.0 Å². The van der Waals surface area contributed by atoms with E-state index in [1.54, 1.807) is 44.2 Å². The van der Waals surface area contributed by atoms with E-state index in [0.29, 0.717) is 21.3 Å². The number of nitrogens with one attached hydrogen (secondary N) is 1. The molecule has 10 heteroatoms. The Morgan fingerprint density at radius 3 is 2.36 bits per heavy atom. The predicted octanol–water partition coefficient (Wildman–Crippen LogP) is 4.93. The lowest BCUT2D eigenvalue weighted by atomic mass is 9.95. The lowest BCUT2D eigenvalue weighted by molar-refractivity contribution is -0.139. The second kappa shape index (κ2) is 12.3. The molecule has 1 atom stereocenters. The van der Waals surface area contributed by atoms with E-state index in [0.717, 1.165) is 48.2 Å². The maximum atomic E-state index is 13.7. The number of sulfonamides is 1. The van der Waals surface area contributed by atoms with Crippen molar-refractivity contribution in [2.45, 2.75) is 64.6 Å². The molecule has 0 saturated heterocycles. The summed E-state index contributed by atoms with van der Waals surface area (Å²) in [7, 11) is -3.83. The van der Waals surface area contributed by atoms with E-state index in [4.69, 9.17) is 23.2 Å². The van der Waals surface area contributed by atoms with Crippen LogP contribution in [0, 0.1) is 6.92 Å². The van der Waals surface area contributed by atoms with Crippen LogP contribution in [0.5, 0.6) is 0 Å². The number of nitrogens with zero attached hydrogens (tertiary/aromatic N) is 2. The average Bonchev–Trinajstić information content (AvgIpc) is 2.82. The van der Waals surface area contributed by atoms with E-state index in [-0.39, 0.29) is 18.5 Å². The van der Waals surface area contributed by atoms with Gasteiger partial charge in [-0.2, -0.15) is 0 Å². The highest BCUT2D eigenvalue weighted by Gasteiger charge is 2.31. The first-order valence-corrected chi connectivity index (χ1v) is 14.6. The number of halogens is 2. The number of amides is 2. The molecular weight excluding hydrogens is 521 g/mol. The first-order chi connectivity index (χ1) is 17.0. The molecule has 1 aliphatic rings. The third-order valence-electron chi connectivity index (χ3n) is 6.48. The molecule has 1 fully saturated rings. The normalized spacial score (nSPS) is 15.2. The SMILES string of the molecule is Cc1ccc(Cl)cc1N(CC(=O)N(Cc1cccc(Cl)c1)C(C)C(=O)NC1CCCCC1)S(C)(=O)=O. The Bertz CT molecular complexity index is 1200. The van der Waals surface area contributed by atoms with E-state index >= 15 is 0 Å². The Labute approximate surface area is 223 Å². The third kappa shape index (κ3) is 7.60. The summed E-state index contributed by atoms with van der Waals surface area (Å²) in [5.74, 6) is -0.770. The van der Waals surface area contributed by atoms with Gasteiger partial charge >= 0.3 is 0 Å². The van der Waals surface area contributed by atoms with Crippen molar-refractivity contribution < 1.29 is 18.0 Å². The van der Waals surface area contributed by atoms with Gasteiger partial charge in [0.15, 0.2) is 0 Å². The molecule has 1 saturated carbocycles. The fourth-order valence-corrected chi connectivity index (χ4v) is 5.71. The molecule has 1 unspecified atom stereocenters. The van der Waals surface area contributed by atoms with Gasteiger partial charge in [0, 0.05) is 22.6 Å². The van der Waals surface area contributed by atoms with E-state index in [1.807, 2.05) is 6.07 Å². The van der Waals surface area contributed by atoms with Crippen molar-refractivity contribution in [3.63, 3.8) is 0 Å². The maximum Gasteiger partial charge on any atom is 0.244 e. The Balaban J connectivity index is 1.90. The van der Waals surface area contributed by atoms with Crippen molar-refractivity contribution in [2.75, 3.05) is 17.1 Å². The van der Waals surface area contributed by atoms with Crippen molar-refractivity contribution in [1.82, 2.24) is 10.2 Å². The van der Waals surface area contributed by atoms with Crippen LogP contribution in [-0.4, -0.2) is 50.0 Å². The highest BCUT2D eigenvalue weighted by molar-refractivity contribution is 7.92. The van der Waals surface area contributed by atoms with Gasteiger partial charge in [-0.1, -0.05) is 60.7 Å². The Kier molecular flexibility index (Phi) is 9.66. The van der Waals surface area contributed by atoms with Crippen LogP contribution in [-0.2, 0) is 26.2 Å². The van der Waals surface area contributed by atoms with Crippen LogP contribution >= 0.6 is 23.2 Å². The van der Waals surface area contributed by atoms with Gasteiger partial charge < -0.3 is 10.2 Å². The Morgan fingerprint density at radius 2 is 1.72 bits per heavy atom. The largest absolute Gasteiger partial charge is 0.352 e. The van der Waals surface area contributed by atoms with Gasteiger partial charge in [0.05, 0.1) is 11.9 Å². The van der Waals surface area contributed by atoms with Crippen LogP contribution < -0.4 is 9.62 Å². The highest BCUT2D eigenvalue weighted by Crippen LogP contribution is 2.27. The molecular formula is C26H33Cl2N3O4S. The molecule has 196 valence electrons.